The van der Waals surface area contributed by atoms with Crippen LogP contribution in [0.25, 0.3) is 0 Å². The Labute approximate surface area is 152 Å². The van der Waals surface area contributed by atoms with Crippen LogP contribution in [0, 0.1) is 0 Å². The van der Waals surface area contributed by atoms with Crippen molar-refractivity contribution in [2.75, 3.05) is 7.11 Å². The topological polar surface area (TPSA) is 59.1 Å². The molecule has 4 heteroatoms. The third-order valence-electron chi connectivity index (χ3n) is 4.23. The summed E-state index contributed by atoms with van der Waals surface area (Å²) in [5.74, 6) is -0.156. The zero-order chi connectivity index (χ0) is 18.3. The van der Waals surface area contributed by atoms with Crippen molar-refractivity contribution in [3.8, 4) is 0 Å². The Bertz CT molecular complexity index is 439. The minimum absolute atomic E-state index is 0.156. The van der Waals surface area contributed by atoms with Crippen LogP contribution >= 0.6 is 0 Å². The number of esters is 1. The quantitative estimate of drug-likeness (QED) is 0.165. The Hall–Kier alpha value is -1.39. The summed E-state index contributed by atoms with van der Waals surface area (Å²) in [6.07, 6.45) is 20.6. The van der Waals surface area contributed by atoms with Gasteiger partial charge in [0.15, 0.2) is 0 Å². The second-order valence-corrected chi connectivity index (χ2v) is 6.50. The van der Waals surface area contributed by atoms with Gasteiger partial charge in [0, 0.05) is 12.8 Å². The number of ether oxygens (including phenoxy) is 2. The molecule has 0 aromatic carbocycles. The van der Waals surface area contributed by atoms with Crippen molar-refractivity contribution >= 4 is 5.97 Å². The fourth-order valence-corrected chi connectivity index (χ4v) is 2.60. The first-order valence-corrected chi connectivity index (χ1v) is 9.56. The number of aliphatic hydroxyl groups excluding tert-OH is 1. The fraction of sp³-hybridized carbons (Fsp3) is 0.667. The Kier molecular flexibility index (Phi) is 12.0. The molecule has 0 amide bonds. The molecule has 3 atom stereocenters. The van der Waals surface area contributed by atoms with Crippen molar-refractivity contribution in [2.45, 2.75) is 83.0 Å². The van der Waals surface area contributed by atoms with Gasteiger partial charge in [0.2, 0.25) is 0 Å². The van der Waals surface area contributed by atoms with Gasteiger partial charge >= 0.3 is 5.97 Å². The van der Waals surface area contributed by atoms with Crippen LogP contribution in [0.3, 0.4) is 0 Å². The summed E-state index contributed by atoms with van der Waals surface area (Å²) in [5, 5.41) is 9.97. The predicted octanol–water partition coefficient (Wildman–Crippen LogP) is 4.49. The van der Waals surface area contributed by atoms with Gasteiger partial charge in [0.1, 0.15) is 0 Å². The lowest BCUT2D eigenvalue weighted by Crippen LogP contribution is -2.07. The summed E-state index contributed by atoms with van der Waals surface area (Å²) in [6.45, 7) is 2.20. The van der Waals surface area contributed by atoms with E-state index in [-0.39, 0.29) is 18.2 Å². The highest BCUT2D eigenvalue weighted by atomic mass is 16.6. The third-order valence-corrected chi connectivity index (χ3v) is 4.23. The highest BCUT2D eigenvalue weighted by Gasteiger charge is 2.38. The van der Waals surface area contributed by atoms with Crippen LogP contribution in [0.2, 0.25) is 0 Å². The van der Waals surface area contributed by atoms with Gasteiger partial charge in [-0.3, -0.25) is 4.79 Å². The molecule has 1 fully saturated rings. The van der Waals surface area contributed by atoms with Crippen molar-refractivity contribution in [3.05, 3.63) is 36.5 Å². The van der Waals surface area contributed by atoms with Gasteiger partial charge in [-0.2, -0.15) is 0 Å². The summed E-state index contributed by atoms with van der Waals surface area (Å²) in [5.41, 5.74) is 0. The van der Waals surface area contributed by atoms with Crippen molar-refractivity contribution in [3.63, 3.8) is 0 Å². The molecule has 0 aromatic heterocycles. The molecule has 0 saturated carbocycles. The van der Waals surface area contributed by atoms with Crippen molar-refractivity contribution < 1.29 is 19.4 Å². The summed E-state index contributed by atoms with van der Waals surface area (Å²) >= 11 is 0. The molecule has 0 spiro atoms. The molecule has 4 nitrogen and oxygen atoms in total. The average Bonchev–Trinajstić information content (AvgIpc) is 3.34. The van der Waals surface area contributed by atoms with Gasteiger partial charge in [0.05, 0.1) is 25.4 Å². The molecule has 0 aromatic rings. The number of epoxide rings is 1. The second-order valence-electron chi connectivity index (χ2n) is 6.50. The molecule has 0 bridgehead atoms. The monoisotopic (exact) mass is 350 g/mol. The largest absolute Gasteiger partial charge is 0.469 e. The highest BCUT2D eigenvalue weighted by molar-refractivity contribution is 5.69. The molecule has 1 rings (SSSR count). The summed E-state index contributed by atoms with van der Waals surface area (Å²) in [6, 6.07) is 0. The molecule has 1 aliphatic rings. The Balaban J connectivity index is 2.03. The van der Waals surface area contributed by atoms with Crippen LogP contribution in [0.5, 0.6) is 0 Å². The smallest absolute Gasteiger partial charge is 0.305 e. The third kappa shape index (κ3) is 11.7. The van der Waals surface area contributed by atoms with E-state index < -0.39 is 6.10 Å². The minimum atomic E-state index is -0.445. The van der Waals surface area contributed by atoms with Crippen molar-refractivity contribution in [1.82, 2.24) is 0 Å². The molecule has 1 aliphatic heterocycles. The Morgan fingerprint density at radius 1 is 1.12 bits per heavy atom. The number of carbonyl (C=O) groups excluding carboxylic acids is 1. The standard InChI is InChI=1S/C21H34O4/c1-3-4-5-6-7-8-11-14-18(22)17-20-19(25-20)15-12-9-10-13-16-21(23)24-2/h7-9,11-12,14,18-20,22H,3-6,10,13,15-17H2,1-2H3/b8-7-,12-9-,14-11+/t18-,19+,20-/m0/s1. The molecule has 25 heavy (non-hydrogen) atoms. The second kappa shape index (κ2) is 13.9. The average molecular weight is 350 g/mol. The van der Waals surface area contributed by atoms with Crippen LogP contribution in [-0.2, 0) is 14.3 Å². The molecule has 0 aliphatic carbocycles. The number of carbonyl (C=O) groups is 1. The maximum absolute atomic E-state index is 11.0. The maximum atomic E-state index is 11.0. The molecular weight excluding hydrogens is 316 g/mol. The molecule has 142 valence electrons. The van der Waals surface area contributed by atoms with Crippen molar-refractivity contribution in [2.24, 2.45) is 0 Å². The molecule has 0 radical (unpaired) electrons. The lowest BCUT2D eigenvalue weighted by Gasteiger charge is -2.00. The van der Waals surface area contributed by atoms with E-state index in [1.807, 2.05) is 18.2 Å². The van der Waals surface area contributed by atoms with E-state index in [9.17, 15) is 9.90 Å². The van der Waals surface area contributed by atoms with Crippen LogP contribution in [0.15, 0.2) is 36.5 Å². The lowest BCUT2D eigenvalue weighted by molar-refractivity contribution is -0.140. The van der Waals surface area contributed by atoms with Crippen molar-refractivity contribution in [1.29, 1.82) is 0 Å². The predicted molar refractivity (Wildman–Crippen MR) is 101 cm³/mol. The van der Waals surface area contributed by atoms with E-state index >= 15 is 0 Å². The summed E-state index contributed by atoms with van der Waals surface area (Å²) < 4.78 is 10.2. The first-order chi connectivity index (χ1) is 12.2. The van der Waals surface area contributed by atoms with E-state index in [2.05, 4.69) is 29.9 Å². The number of hydrogen-bond donors (Lipinski definition) is 1. The Morgan fingerprint density at radius 3 is 2.68 bits per heavy atom. The van der Waals surface area contributed by atoms with Gasteiger partial charge in [-0.05, 0) is 32.1 Å². The van der Waals surface area contributed by atoms with E-state index in [1.165, 1.54) is 26.4 Å². The molecule has 0 unspecified atom stereocenters. The van der Waals surface area contributed by atoms with E-state index in [0.717, 1.165) is 25.7 Å². The summed E-state index contributed by atoms with van der Waals surface area (Å²) in [7, 11) is 1.41. The molecular formula is C21H34O4. The van der Waals surface area contributed by atoms with E-state index in [0.29, 0.717) is 12.8 Å². The number of unbranched alkanes of at least 4 members (excludes halogenated alkanes) is 4. The number of rotatable bonds is 14. The van der Waals surface area contributed by atoms with Crippen LogP contribution in [-0.4, -0.2) is 36.5 Å². The zero-order valence-electron chi connectivity index (χ0n) is 15.7. The minimum Gasteiger partial charge on any atom is -0.469 e. The number of aliphatic hydroxyl groups is 1. The normalized spacial score (nSPS) is 21.4. The van der Waals surface area contributed by atoms with E-state index in [1.54, 1.807) is 0 Å². The highest BCUT2D eigenvalue weighted by Crippen LogP contribution is 2.30. The zero-order valence-corrected chi connectivity index (χ0v) is 15.7. The first kappa shape index (κ1) is 21.7. The van der Waals surface area contributed by atoms with Crippen LogP contribution in [0.4, 0.5) is 0 Å². The van der Waals surface area contributed by atoms with Gasteiger partial charge in [-0.25, -0.2) is 0 Å². The molecule has 1 heterocycles. The van der Waals surface area contributed by atoms with Gasteiger partial charge in [0.25, 0.3) is 0 Å². The van der Waals surface area contributed by atoms with Gasteiger partial charge < -0.3 is 14.6 Å². The van der Waals surface area contributed by atoms with Crippen LogP contribution in [0.1, 0.15) is 64.7 Å². The Morgan fingerprint density at radius 2 is 1.92 bits per heavy atom. The first-order valence-electron chi connectivity index (χ1n) is 9.56. The van der Waals surface area contributed by atoms with Gasteiger partial charge in [-0.1, -0.05) is 56.2 Å². The number of allylic oxidation sites excluding steroid dienone is 4. The molecule has 1 saturated heterocycles. The summed E-state index contributed by atoms with van der Waals surface area (Å²) in [4.78, 5) is 11.0. The SMILES string of the molecule is CCCCC/C=C\C=C\[C@H](O)C[C@@H]1O[C@@H]1C/C=C\CCCC(=O)OC. The lowest BCUT2D eigenvalue weighted by atomic mass is 10.1. The fourth-order valence-electron chi connectivity index (χ4n) is 2.60. The number of hydrogen-bond acceptors (Lipinski definition) is 4. The van der Waals surface area contributed by atoms with Crippen LogP contribution < -0.4 is 0 Å². The molecule has 1 N–H and O–H groups in total. The maximum Gasteiger partial charge on any atom is 0.305 e. The van der Waals surface area contributed by atoms with Gasteiger partial charge in [-0.15, -0.1) is 0 Å². The van der Waals surface area contributed by atoms with E-state index in [4.69, 9.17) is 4.74 Å². The number of methoxy groups -OCH3 is 1.